The quantitative estimate of drug-likeness (QED) is 0.0337. The first-order valence-corrected chi connectivity index (χ1v) is 26.7. The molecule has 3 amide bonds. The fourth-order valence-electron chi connectivity index (χ4n) is 7.32. The molecule has 0 aliphatic carbocycles. The van der Waals surface area contributed by atoms with Gasteiger partial charge in [0.15, 0.2) is 0 Å². The minimum Gasteiger partial charge on any atom is -1.00 e. The van der Waals surface area contributed by atoms with Crippen LogP contribution < -0.4 is 134 Å². The van der Waals surface area contributed by atoms with Gasteiger partial charge in [-0.25, -0.2) is 10.4 Å². The van der Waals surface area contributed by atoms with Gasteiger partial charge in [0.05, 0.1) is 25.6 Å². The number of carboxylic acid groups (broad SMARTS) is 1. The Morgan fingerprint density at radius 2 is 0.975 bits per heavy atom. The molecular weight excluding hydrogens is 1110 g/mol. The van der Waals surface area contributed by atoms with Gasteiger partial charge in [-0.05, 0) is 137 Å². The van der Waals surface area contributed by atoms with Crippen LogP contribution in [0.25, 0.3) is 0 Å². The normalized spacial score (nSPS) is 12.1. The Morgan fingerprint density at radius 1 is 0.620 bits per heavy atom. The van der Waals surface area contributed by atoms with Crippen molar-refractivity contribution in [1.29, 1.82) is 0 Å². The molecule has 0 radical (unpaired) electrons. The molecule has 0 saturated carbocycles. The van der Waals surface area contributed by atoms with Crippen LogP contribution >= 0.6 is 34.8 Å². The number of hydrogen-bond donors (Lipinski definition) is 3. The van der Waals surface area contributed by atoms with Gasteiger partial charge in [0.2, 0.25) is 0 Å². The standard InChI is InChI=1S/C30H42N2O3.C21H34N2O2.C9H9ClO.CH2Cl2.CH2O2.2K.H/c1-19-15-20(2)17-23(16-19)28(34)32(26(30(8,9)10)18-21(3)29(5,6)7)31-27(33)24-13-12-14-25(35-11)22(24)4;1-14(20(3,4)5)13-18(21(6,7)8)22-23-19(24)16-11-10-12-17(25-9)15(16)2;1-6-3-7(2)5-8(4-6)9(10)11;2*2-1-3;;;/h12-18,26H,1-11H3,(H,31,33);10-13,18,22H,1-9H3,(H,23,24);3-5H,1-2H3;1H2;1H,(H,2,3);;;/q;;;;;2*+1;-1/p-1/b21-18+;14-13+;;;;;;. The van der Waals surface area contributed by atoms with Crippen molar-refractivity contribution in [3.63, 3.8) is 0 Å². The number of amides is 3. The third-order valence-corrected chi connectivity index (χ3v) is 12.7. The minimum absolute atomic E-state index is 0. The van der Waals surface area contributed by atoms with E-state index in [0.29, 0.717) is 33.8 Å². The van der Waals surface area contributed by atoms with E-state index in [2.05, 4.69) is 125 Å². The number of alkyl halides is 2. The van der Waals surface area contributed by atoms with Crippen LogP contribution in [0.4, 0.5) is 0 Å². The zero-order valence-corrected chi connectivity index (χ0v) is 60.4. The summed E-state index contributed by atoms with van der Waals surface area (Å²) in [6, 6.07) is 21.8. The van der Waals surface area contributed by atoms with Crippen LogP contribution in [0.1, 0.15) is 173 Å². The predicted octanol–water partition coefficient (Wildman–Crippen LogP) is 8.05. The average molecular weight is 1200 g/mol. The first kappa shape index (κ1) is 80.8. The molecule has 0 aliphatic heterocycles. The maximum atomic E-state index is 14.0. The Balaban J connectivity index is -0.000000557. The first-order chi connectivity index (χ1) is 35.4. The summed E-state index contributed by atoms with van der Waals surface area (Å²) >= 11 is 14.8. The van der Waals surface area contributed by atoms with Crippen LogP contribution in [-0.4, -0.2) is 66.1 Å². The van der Waals surface area contributed by atoms with Gasteiger partial charge in [-0.1, -0.05) is 153 Å². The number of rotatable bonds is 11. The zero-order chi connectivity index (χ0) is 60.0. The summed E-state index contributed by atoms with van der Waals surface area (Å²) in [7, 11) is 3.19. The van der Waals surface area contributed by atoms with Gasteiger partial charge in [0.25, 0.3) is 23.0 Å². The van der Waals surface area contributed by atoms with Gasteiger partial charge in [-0.3, -0.25) is 30.0 Å². The monoisotopic (exact) mass is 1200 g/mol. The van der Waals surface area contributed by atoms with E-state index < -0.39 is 11.7 Å². The molecule has 0 fully saturated rings. The van der Waals surface area contributed by atoms with Gasteiger partial charge in [-0.2, -0.15) is 0 Å². The van der Waals surface area contributed by atoms with Crippen molar-refractivity contribution in [2.24, 2.45) is 21.7 Å². The van der Waals surface area contributed by atoms with E-state index in [4.69, 9.17) is 54.2 Å². The second-order valence-electron chi connectivity index (χ2n) is 23.1. The molecule has 4 rings (SSSR count). The van der Waals surface area contributed by atoms with Crippen molar-refractivity contribution in [2.45, 2.75) is 151 Å². The molecule has 12 nitrogen and oxygen atoms in total. The first-order valence-electron chi connectivity index (χ1n) is 25.3. The number of nitrogens with one attached hydrogen (secondary N) is 3. The summed E-state index contributed by atoms with van der Waals surface area (Å²) in [6.07, 6.45) is 4.32. The predicted molar refractivity (Wildman–Crippen MR) is 318 cm³/mol. The molecular formula is C62H89Cl3K2N4O8. The van der Waals surface area contributed by atoms with Crippen LogP contribution in [0.2, 0.25) is 0 Å². The molecule has 2 unspecified atom stereocenters. The topological polar surface area (TPSA) is 166 Å². The number of methoxy groups -OCH3 is 2. The second kappa shape index (κ2) is 37.7. The van der Waals surface area contributed by atoms with E-state index in [-0.39, 0.29) is 161 Å². The van der Waals surface area contributed by atoms with Crippen molar-refractivity contribution in [3.8, 4) is 11.5 Å². The van der Waals surface area contributed by atoms with E-state index in [0.717, 1.165) is 39.0 Å². The molecule has 0 spiro atoms. The van der Waals surface area contributed by atoms with E-state index >= 15 is 0 Å². The number of benzene rings is 4. The van der Waals surface area contributed by atoms with Crippen molar-refractivity contribution < 1.29 is 143 Å². The largest absolute Gasteiger partial charge is 1.00 e. The molecule has 0 bridgehead atoms. The van der Waals surface area contributed by atoms with E-state index in [1.54, 1.807) is 44.6 Å². The second-order valence-corrected chi connectivity index (χ2v) is 24.2. The molecule has 428 valence electrons. The summed E-state index contributed by atoms with van der Waals surface area (Å²) in [6.45, 7) is 41.0. The summed E-state index contributed by atoms with van der Waals surface area (Å²) in [5.74, 6) is 0.579. The number of hydrogen-bond acceptors (Lipinski definition) is 9. The zero-order valence-electron chi connectivity index (χ0n) is 52.9. The SMILES string of the molecule is COc1cccc(C(=O)NN(C(=O)c2cc(C)cc(C)c2)C(/C=C(\C)C(C)(C)C)C(C)(C)C)c1C.COc1cccc(C(=O)NNC(/C=C(\C)C(C)(C)C)C(C)(C)C)c1C.Cc1cc(C)cc(C(=O)Cl)c1.ClCCl.O=C[O-].[H-].[K+].[K+]. The summed E-state index contributed by atoms with van der Waals surface area (Å²) < 4.78 is 10.7. The fraction of sp³-hybridized carbons (Fsp3) is 0.468. The van der Waals surface area contributed by atoms with E-state index in [1.165, 1.54) is 10.6 Å². The number of ether oxygens (including phenoxy) is 2. The number of nitrogens with zero attached hydrogens (tertiary/aromatic N) is 1. The summed E-state index contributed by atoms with van der Waals surface area (Å²) in [4.78, 5) is 59.1. The molecule has 4 aromatic carbocycles. The minimum atomic E-state index is -0.500. The maximum Gasteiger partial charge on any atom is 1.00 e. The molecule has 0 aliphatic rings. The molecule has 0 saturated heterocycles. The number of halogens is 3. The number of carbonyl (C=O) groups is 5. The van der Waals surface area contributed by atoms with Gasteiger partial charge in [0, 0.05) is 45.9 Å². The van der Waals surface area contributed by atoms with Crippen LogP contribution in [0.3, 0.4) is 0 Å². The van der Waals surface area contributed by atoms with Crippen molar-refractivity contribution in [3.05, 3.63) is 152 Å². The number of carbonyl (C=O) groups excluding carboxylic acids is 5. The van der Waals surface area contributed by atoms with Gasteiger partial charge in [-0.15, -0.1) is 23.2 Å². The molecule has 0 aromatic heterocycles. The Bertz CT molecular complexity index is 2630. The summed E-state index contributed by atoms with van der Waals surface area (Å²) in [5.41, 5.74) is 19.0. The van der Waals surface area contributed by atoms with Gasteiger partial charge < -0.3 is 20.8 Å². The number of allylic oxidation sites excluding steroid dienone is 2. The number of hydrazine groups is 2. The summed E-state index contributed by atoms with van der Waals surface area (Å²) in [5, 5.41) is 9.56. The van der Waals surface area contributed by atoms with Gasteiger partial charge in [0.1, 0.15) is 11.5 Å². The third kappa shape index (κ3) is 29.1. The molecule has 0 heterocycles. The third-order valence-electron chi connectivity index (χ3n) is 12.5. The fourth-order valence-corrected chi connectivity index (χ4v) is 7.43. The smallest absolute Gasteiger partial charge is 1.00 e. The average Bonchev–Trinajstić information content (AvgIpc) is 3.30. The Kier molecular flexibility index (Phi) is 38.6. The van der Waals surface area contributed by atoms with Crippen LogP contribution in [0, 0.1) is 63.2 Å². The van der Waals surface area contributed by atoms with E-state index in [1.807, 2.05) is 84.0 Å². The molecule has 4 aromatic rings. The van der Waals surface area contributed by atoms with Crippen LogP contribution in [0.5, 0.6) is 11.5 Å². The van der Waals surface area contributed by atoms with Crippen LogP contribution in [0.15, 0.2) is 96.1 Å². The molecule has 79 heavy (non-hydrogen) atoms. The maximum absolute atomic E-state index is 14.0. The van der Waals surface area contributed by atoms with E-state index in [9.17, 15) is 19.2 Å². The van der Waals surface area contributed by atoms with Crippen molar-refractivity contribution in [2.75, 3.05) is 19.6 Å². The molecule has 2 atom stereocenters. The van der Waals surface area contributed by atoms with Crippen LogP contribution in [-0.2, 0) is 4.79 Å². The molecule has 17 heteroatoms. The number of aryl methyl sites for hydroxylation is 4. The Hall–Kier alpha value is -2.39. The Morgan fingerprint density at radius 3 is 1.30 bits per heavy atom. The van der Waals surface area contributed by atoms with Crippen molar-refractivity contribution >= 4 is 64.2 Å². The molecule has 3 N–H and O–H groups in total. The Labute approximate surface area is 576 Å². The van der Waals surface area contributed by atoms with Crippen molar-refractivity contribution in [1.82, 2.24) is 21.3 Å². The van der Waals surface area contributed by atoms with Gasteiger partial charge >= 0.3 is 103 Å².